The maximum Gasteiger partial charge on any atom is 0.229 e. The lowest BCUT2D eigenvalue weighted by Crippen LogP contribution is -2.18. The summed E-state index contributed by atoms with van der Waals surface area (Å²) < 4.78 is 5.27. The highest BCUT2D eigenvalue weighted by molar-refractivity contribution is 5.42. The smallest absolute Gasteiger partial charge is 0.229 e. The van der Waals surface area contributed by atoms with E-state index in [2.05, 4.69) is 40.9 Å². The summed E-state index contributed by atoms with van der Waals surface area (Å²) in [7, 11) is 0. The number of nitrogens with one attached hydrogen (secondary N) is 3. The van der Waals surface area contributed by atoms with E-state index in [-0.39, 0.29) is 6.61 Å². The van der Waals surface area contributed by atoms with E-state index in [1.165, 1.54) is 0 Å². The van der Waals surface area contributed by atoms with Crippen molar-refractivity contribution >= 4 is 17.8 Å². The molecule has 1 rings (SSSR count). The second-order valence-electron chi connectivity index (χ2n) is 4.52. The molecular weight excluding hydrogens is 316 g/mol. The summed E-state index contributed by atoms with van der Waals surface area (Å²) in [5, 5.41) is 21.3. The molecule has 0 aliphatic heterocycles. The first-order valence-electron chi connectivity index (χ1n) is 7.67. The van der Waals surface area contributed by atoms with Crippen molar-refractivity contribution in [2.45, 2.75) is 6.42 Å². The van der Waals surface area contributed by atoms with Crippen molar-refractivity contribution in [2.75, 3.05) is 68.5 Å². The van der Waals surface area contributed by atoms with Crippen molar-refractivity contribution in [3.05, 3.63) is 10.4 Å². The molecular formula is C12H24N10O2. The Balaban J connectivity index is 2.56. The van der Waals surface area contributed by atoms with Gasteiger partial charge in [-0.2, -0.15) is 15.0 Å². The fraction of sp³-hybridized carbons (Fsp3) is 0.750. The Hall–Kier alpha value is -2.40. The van der Waals surface area contributed by atoms with Gasteiger partial charge in [-0.05, 0) is 12.0 Å². The summed E-state index contributed by atoms with van der Waals surface area (Å²) in [6.07, 6.45) is 0.658. The third kappa shape index (κ3) is 8.90. The molecule has 6 N–H and O–H groups in total. The zero-order valence-corrected chi connectivity index (χ0v) is 13.5. The number of hydrogen-bond acceptors (Lipinski definition) is 10. The Morgan fingerprint density at radius 2 is 1.67 bits per heavy atom. The van der Waals surface area contributed by atoms with Crippen molar-refractivity contribution in [3.63, 3.8) is 0 Å². The van der Waals surface area contributed by atoms with Crippen LogP contribution >= 0.6 is 0 Å². The molecule has 12 nitrogen and oxygen atoms in total. The summed E-state index contributed by atoms with van der Waals surface area (Å²) >= 11 is 0. The van der Waals surface area contributed by atoms with Gasteiger partial charge in [0.25, 0.3) is 0 Å². The van der Waals surface area contributed by atoms with Gasteiger partial charge in [0.1, 0.15) is 0 Å². The monoisotopic (exact) mass is 340 g/mol. The topological polar surface area (TPSA) is 179 Å². The van der Waals surface area contributed by atoms with Crippen LogP contribution in [0.3, 0.4) is 0 Å². The first kappa shape index (κ1) is 19.6. The van der Waals surface area contributed by atoms with Crippen molar-refractivity contribution in [3.8, 4) is 0 Å². The number of hydrogen-bond donors (Lipinski definition) is 5. The van der Waals surface area contributed by atoms with E-state index < -0.39 is 0 Å². The number of aliphatic hydroxyl groups is 1. The van der Waals surface area contributed by atoms with Gasteiger partial charge in [-0.15, -0.1) is 0 Å². The fourth-order valence-corrected chi connectivity index (χ4v) is 1.60. The van der Waals surface area contributed by atoms with Crippen LogP contribution in [0.5, 0.6) is 0 Å². The van der Waals surface area contributed by atoms with Crippen molar-refractivity contribution < 1.29 is 9.84 Å². The molecule has 1 aromatic heterocycles. The number of ether oxygens (including phenoxy) is 1. The molecule has 12 heteroatoms. The fourth-order valence-electron chi connectivity index (χ4n) is 1.60. The van der Waals surface area contributed by atoms with Gasteiger partial charge in [-0.1, -0.05) is 5.11 Å². The molecule has 0 saturated carbocycles. The lowest BCUT2D eigenvalue weighted by atomic mass is 10.4. The molecule has 0 unspecified atom stereocenters. The number of aromatic nitrogens is 3. The van der Waals surface area contributed by atoms with Crippen LogP contribution in [0.2, 0.25) is 0 Å². The van der Waals surface area contributed by atoms with Crippen molar-refractivity contribution in [2.24, 2.45) is 10.8 Å². The molecule has 0 radical (unpaired) electrons. The van der Waals surface area contributed by atoms with E-state index in [0.717, 1.165) is 0 Å². The number of aliphatic hydroxyl groups excluding tert-OH is 1. The van der Waals surface area contributed by atoms with Crippen molar-refractivity contribution in [1.82, 2.24) is 15.0 Å². The number of rotatable bonds is 14. The molecule has 0 spiro atoms. The van der Waals surface area contributed by atoms with E-state index in [1.54, 1.807) is 0 Å². The van der Waals surface area contributed by atoms with Crippen LogP contribution in [0.15, 0.2) is 5.11 Å². The molecule has 24 heavy (non-hydrogen) atoms. The molecule has 0 aromatic carbocycles. The lowest BCUT2D eigenvalue weighted by Gasteiger charge is -2.11. The van der Waals surface area contributed by atoms with Crippen LogP contribution in [0.4, 0.5) is 17.8 Å². The standard InChI is InChI=1S/C12H24N10O2/c13-2-8-24-9-6-17-12-20-10(15-3-1-4-18-22-14)19-11(21-12)16-5-7-23/h23H,1-9,13H2,(H3,15,16,17,19,20,21). The van der Waals surface area contributed by atoms with Crippen LogP contribution in [-0.2, 0) is 4.74 Å². The molecule has 0 fully saturated rings. The van der Waals surface area contributed by atoms with Gasteiger partial charge >= 0.3 is 0 Å². The van der Waals surface area contributed by atoms with Crippen LogP contribution in [-0.4, -0.2) is 72.6 Å². The number of nitrogens with zero attached hydrogens (tertiary/aromatic N) is 6. The van der Waals surface area contributed by atoms with Gasteiger partial charge in [-0.25, -0.2) is 0 Å². The average Bonchev–Trinajstić information content (AvgIpc) is 2.59. The van der Waals surface area contributed by atoms with Gasteiger partial charge in [-0.3, -0.25) is 0 Å². The molecule has 1 heterocycles. The van der Waals surface area contributed by atoms with Gasteiger partial charge < -0.3 is 31.5 Å². The Kier molecular flexibility index (Phi) is 10.7. The van der Waals surface area contributed by atoms with E-state index in [9.17, 15) is 0 Å². The van der Waals surface area contributed by atoms with Gasteiger partial charge in [0, 0.05) is 37.6 Å². The summed E-state index contributed by atoms with van der Waals surface area (Å²) in [5.74, 6) is 1.12. The summed E-state index contributed by atoms with van der Waals surface area (Å²) in [6.45, 7) is 3.24. The second-order valence-corrected chi connectivity index (χ2v) is 4.52. The molecule has 0 aliphatic carbocycles. The largest absolute Gasteiger partial charge is 0.395 e. The number of anilines is 3. The maximum atomic E-state index is 8.88. The van der Waals surface area contributed by atoms with Crippen LogP contribution in [0, 0.1) is 0 Å². The molecule has 134 valence electrons. The van der Waals surface area contributed by atoms with Crippen LogP contribution in [0.25, 0.3) is 10.4 Å². The first-order valence-corrected chi connectivity index (χ1v) is 7.67. The molecule has 0 amide bonds. The number of nitrogens with two attached hydrogens (primary N) is 1. The van der Waals surface area contributed by atoms with Gasteiger partial charge in [0.15, 0.2) is 0 Å². The quantitative estimate of drug-likeness (QED) is 0.132. The highest BCUT2D eigenvalue weighted by atomic mass is 16.5. The van der Waals surface area contributed by atoms with E-state index in [0.29, 0.717) is 70.2 Å². The average molecular weight is 340 g/mol. The third-order valence-corrected chi connectivity index (χ3v) is 2.60. The van der Waals surface area contributed by atoms with E-state index in [1.807, 2.05) is 0 Å². The Morgan fingerprint density at radius 3 is 2.25 bits per heavy atom. The van der Waals surface area contributed by atoms with Crippen molar-refractivity contribution in [1.29, 1.82) is 0 Å². The zero-order valence-electron chi connectivity index (χ0n) is 13.5. The van der Waals surface area contributed by atoms with Gasteiger partial charge in [0.05, 0.1) is 19.8 Å². The zero-order chi connectivity index (χ0) is 17.5. The Bertz CT molecular complexity index is 509. The van der Waals surface area contributed by atoms with Gasteiger partial charge in [0.2, 0.25) is 17.8 Å². The minimum atomic E-state index is -0.0314. The molecule has 0 bridgehead atoms. The highest BCUT2D eigenvalue weighted by Crippen LogP contribution is 2.09. The van der Waals surface area contributed by atoms with Crippen LogP contribution < -0.4 is 21.7 Å². The SMILES string of the molecule is [N-]=[N+]=NCCCNc1nc(NCCO)nc(NCCOCCN)n1. The minimum absolute atomic E-state index is 0.0314. The van der Waals surface area contributed by atoms with Crippen LogP contribution in [0.1, 0.15) is 6.42 Å². The Labute approximate surface area is 139 Å². The lowest BCUT2D eigenvalue weighted by molar-refractivity contribution is 0.151. The molecule has 0 atom stereocenters. The maximum absolute atomic E-state index is 8.88. The number of azide groups is 1. The Morgan fingerprint density at radius 1 is 1.04 bits per heavy atom. The summed E-state index contributed by atoms with van der Waals surface area (Å²) in [6, 6.07) is 0. The van der Waals surface area contributed by atoms with E-state index in [4.69, 9.17) is 21.1 Å². The molecule has 0 aliphatic rings. The highest BCUT2D eigenvalue weighted by Gasteiger charge is 2.06. The first-order chi connectivity index (χ1) is 11.8. The summed E-state index contributed by atoms with van der Waals surface area (Å²) in [4.78, 5) is 15.3. The predicted octanol–water partition coefficient (Wildman–Crippen LogP) is -0.225. The third-order valence-electron chi connectivity index (χ3n) is 2.60. The minimum Gasteiger partial charge on any atom is -0.395 e. The predicted molar refractivity (Wildman–Crippen MR) is 90.9 cm³/mol. The normalized spacial score (nSPS) is 10.1. The second kappa shape index (κ2) is 13.1. The summed E-state index contributed by atoms with van der Waals surface area (Å²) in [5.41, 5.74) is 13.6. The molecule has 1 aromatic rings. The molecule has 0 saturated heterocycles. The van der Waals surface area contributed by atoms with E-state index >= 15 is 0 Å².